The maximum absolute atomic E-state index is 9.65. The monoisotopic (exact) mass is 151 g/mol. The zero-order valence-electron chi connectivity index (χ0n) is 8.12. The van der Waals surface area contributed by atoms with Gasteiger partial charge in [0.1, 0.15) is 0 Å². The summed E-state index contributed by atoms with van der Waals surface area (Å²) in [6.45, 7) is 0. The molecule has 58 valence electrons. The van der Waals surface area contributed by atoms with E-state index in [1.165, 1.54) is 0 Å². The first-order valence-corrected chi connectivity index (χ1v) is 3.73. The van der Waals surface area contributed by atoms with Crippen LogP contribution in [0.1, 0.15) is 32.9 Å². The van der Waals surface area contributed by atoms with E-state index in [9.17, 15) is 5.11 Å². The quantitative estimate of drug-likeness (QED) is 0.608. The van der Waals surface area contributed by atoms with Gasteiger partial charge >= 0.3 is 0 Å². The number of nitrogens with zero attached hydrogens (tertiary/aromatic N) is 1. The van der Waals surface area contributed by atoms with E-state index >= 15 is 0 Å². The van der Waals surface area contributed by atoms with Gasteiger partial charge in [-0.2, -0.15) is 0 Å². The fourth-order valence-electron chi connectivity index (χ4n) is 1.35. The molecule has 0 saturated carbocycles. The topological polar surface area (TPSA) is 33.1 Å². The highest BCUT2D eigenvalue weighted by Crippen LogP contribution is 2.26. The second-order valence-corrected chi connectivity index (χ2v) is 2.65. The lowest BCUT2D eigenvalue weighted by molar-refractivity contribution is 0.151. The number of aromatic nitrogens is 1. The smallest absolute Gasteiger partial charge is 0.0962 e. The Kier molecular flexibility index (Phi) is 1.16. The van der Waals surface area contributed by atoms with Crippen LogP contribution in [-0.4, -0.2) is 10.1 Å². The second kappa shape index (κ2) is 2.62. The summed E-state index contributed by atoms with van der Waals surface area (Å²) in [7, 11) is 0. The van der Waals surface area contributed by atoms with Crippen molar-refractivity contribution < 1.29 is 7.85 Å². The van der Waals surface area contributed by atoms with Gasteiger partial charge in [-0.05, 0) is 30.8 Å². The van der Waals surface area contributed by atoms with Crippen LogP contribution in [0, 0.1) is 0 Å². The van der Waals surface area contributed by atoms with E-state index in [1.807, 2.05) is 12.1 Å². The first-order chi connectivity index (χ1) is 6.11. The number of rotatable bonds is 0. The van der Waals surface area contributed by atoms with Gasteiger partial charge in [-0.25, -0.2) is 0 Å². The Bertz CT molecular complexity index is 327. The average Bonchev–Trinajstić information content (AvgIpc) is 2.13. The number of aryl methyl sites for hydroxylation is 1. The molecule has 1 atom stereocenters. The molecular formula is C9H11NO. The molecule has 0 bridgehead atoms. The Balaban J connectivity index is 2.45. The van der Waals surface area contributed by atoms with E-state index in [-0.39, 0.29) is 0 Å². The molecule has 0 aromatic carbocycles. The van der Waals surface area contributed by atoms with Crippen molar-refractivity contribution in [1.29, 1.82) is 0 Å². The summed E-state index contributed by atoms with van der Waals surface area (Å²) >= 11 is 0. The van der Waals surface area contributed by atoms with E-state index < -0.39 is 12.5 Å². The van der Waals surface area contributed by atoms with Crippen molar-refractivity contribution >= 4 is 0 Å². The number of hydrogen-bond donors (Lipinski definition) is 1. The van der Waals surface area contributed by atoms with Crippen LogP contribution in [0.2, 0.25) is 0 Å². The number of aliphatic hydroxyl groups excluding tert-OH is 1. The number of hydrogen-bond acceptors (Lipinski definition) is 2. The van der Waals surface area contributed by atoms with Crippen LogP contribution >= 0.6 is 0 Å². The molecule has 2 nitrogen and oxygen atoms in total. The zero-order chi connectivity index (χ0) is 9.47. The minimum absolute atomic E-state index is 0.368. The van der Waals surface area contributed by atoms with Crippen LogP contribution in [0.5, 0.6) is 0 Å². The second-order valence-electron chi connectivity index (χ2n) is 2.65. The molecule has 0 spiro atoms. The molecule has 1 aromatic rings. The van der Waals surface area contributed by atoms with Gasteiger partial charge < -0.3 is 5.11 Å². The van der Waals surface area contributed by atoms with Gasteiger partial charge in [0, 0.05) is 8.94 Å². The Hall–Kier alpha value is -0.890. The summed E-state index contributed by atoms with van der Waals surface area (Å²) in [5.41, 5.74) is 1.46. The van der Waals surface area contributed by atoms with Crippen molar-refractivity contribution in [3.05, 3.63) is 29.6 Å². The highest BCUT2D eigenvalue weighted by Gasteiger charge is 2.17. The lowest BCUT2D eigenvalue weighted by Gasteiger charge is -2.18. The largest absolute Gasteiger partial charge is 0.387 e. The summed E-state index contributed by atoms with van der Waals surface area (Å²) in [6.07, 6.45) is 0.0164. The van der Waals surface area contributed by atoms with Gasteiger partial charge in [0.2, 0.25) is 0 Å². The van der Waals surface area contributed by atoms with E-state index in [0.29, 0.717) is 18.5 Å². The highest BCUT2D eigenvalue weighted by molar-refractivity contribution is 5.23. The summed E-state index contributed by atoms with van der Waals surface area (Å²) < 4.78 is 15.1. The Morgan fingerprint density at radius 1 is 1.73 bits per heavy atom. The van der Waals surface area contributed by atoms with Crippen LogP contribution in [0.25, 0.3) is 0 Å². The predicted octanol–water partition coefficient (Wildman–Crippen LogP) is 1.45. The fourth-order valence-corrected chi connectivity index (χ4v) is 1.35. The third-order valence-corrected chi connectivity index (χ3v) is 1.92. The molecule has 1 N–H and O–H groups in total. The van der Waals surface area contributed by atoms with Crippen LogP contribution in [0.4, 0.5) is 0 Å². The van der Waals surface area contributed by atoms with E-state index in [4.69, 9.17) is 2.74 Å². The SMILES string of the molecule is [2H]C1([2H])CCc2cccnc2C1O. The average molecular weight is 151 g/mol. The van der Waals surface area contributed by atoms with Crippen molar-refractivity contribution in [3.63, 3.8) is 0 Å². The fraction of sp³-hybridized carbons (Fsp3) is 0.444. The van der Waals surface area contributed by atoms with Crippen molar-refractivity contribution in [2.75, 3.05) is 0 Å². The van der Waals surface area contributed by atoms with E-state index in [1.54, 1.807) is 6.20 Å². The number of aliphatic hydroxyl groups is 1. The molecule has 1 aliphatic carbocycles. The van der Waals surface area contributed by atoms with Gasteiger partial charge in [0.15, 0.2) is 0 Å². The molecule has 0 fully saturated rings. The lowest BCUT2D eigenvalue weighted by Crippen LogP contribution is -2.10. The Morgan fingerprint density at radius 2 is 2.64 bits per heavy atom. The Labute approximate surface area is 68.7 Å². The highest BCUT2D eigenvalue weighted by atomic mass is 16.3. The molecule has 1 unspecified atom stereocenters. The lowest BCUT2D eigenvalue weighted by atomic mass is 9.94. The summed E-state index contributed by atoms with van der Waals surface area (Å²) in [5.74, 6) is 0. The molecule has 1 aromatic heterocycles. The number of pyridine rings is 1. The van der Waals surface area contributed by atoms with Gasteiger partial charge in [-0.1, -0.05) is 6.07 Å². The maximum Gasteiger partial charge on any atom is 0.0962 e. The molecule has 0 saturated heterocycles. The van der Waals surface area contributed by atoms with Crippen molar-refractivity contribution in [1.82, 2.24) is 4.98 Å². The first-order valence-electron chi connectivity index (χ1n) is 4.73. The Morgan fingerprint density at radius 3 is 3.55 bits per heavy atom. The molecule has 11 heavy (non-hydrogen) atoms. The summed E-state index contributed by atoms with van der Waals surface area (Å²) in [4.78, 5) is 4.01. The molecule has 1 aliphatic rings. The van der Waals surface area contributed by atoms with Crippen molar-refractivity contribution in [3.8, 4) is 0 Å². The normalized spacial score (nSPS) is 30.1. The number of fused-ring (bicyclic) bond motifs is 1. The maximum atomic E-state index is 9.65. The van der Waals surface area contributed by atoms with Crippen molar-refractivity contribution in [2.24, 2.45) is 0 Å². The zero-order valence-corrected chi connectivity index (χ0v) is 6.12. The van der Waals surface area contributed by atoms with Crippen molar-refractivity contribution in [2.45, 2.75) is 25.3 Å². The van der Waals surface area contributed by atoms with Gasteiger partial charge in [0.25, 0.3) is 0 Å². The van der Waals surface area contributed by atoms with Crippen LogP contribution in [0.15, 0.2) is 18.3 Å². The molecule has 2 rings (SSSR count). The van der Waals surface area contributed by atoms with Crippen LogP contribution in [0.3, 0.4) is 0 Å². The predicted molar refractivity (Wildman–Crippen MR) is 42.1 cm³/mol. The van der Waals surface area contributed by atoms with Gasteiger partial charge in [0.05, 0.1) is 11.8 Å². The van der Waals surface area contributed by atoms with Gasteiger partial charge in [-0.3, -0.25) is 4.98 Å². The first kappa shape index (κ1) is 4.88. The summed E-state index contributed by atoms with van der Waals surface area (Å²) in [6, 6.07) is 3.70. The molecular weight excluding hydrogens is 138 g/mol. The molecule has 0 aliphatic heterocycles. The standard InChI is InChI=1S/C9H11NO/c11-8-5-1-3-7-4-2-6-10-9(7)8/h2,4,6,8,11H,1,3,5H2/i5D2. The molecule has 2 heteroatoms. The van der Waals surface area contributed by atoms with Crippen LogP contribution in [-0.2, 0) is 6.42 Å². The third kappa shape index (κ3) is 1.14. The molecule has 0 radical (unpaired) electrons. The van der Waals surface area contributed by atoms with Gasteiger partial charge in [-0.15, -0.1) is 0 Å². The molecule has 0 amide bonds. The third-order valence-electron chi connectivity index (χ3n) is 1.92. The minimum atomic E-state index is -1.53. The van der Waals surface area contributed by atoms with E-state index in [0.717, 1.165) is 5.56 Å². The summed E-state index contributed by atoms with van der Waals surface area (Å²) in [5, 5.41) is 9.65. The van der Waals surface area contributed by atoms with Crippen LogP contribution < -0.4 is 0 Å². The minimum Gasteiger partial charge on any atom is -0.387 e. The van der Waals surface area contributed by atoms with E-state index in [2.05, 4.69) is 4.98 Å². The molecule has 1 heterocycles.